The first-order chi connectivity index (χ1) is 14.1. The van der Waals surface area contributed by atoms with Crippen LogP contribution in [-0.4, -0.2) is 27.7 Å². The van der Waals surface area contributed by atoms with E-state index in [2.05, 4.69) is 0 Å². The Kier molecular flexibility index (Phi) is 5.25. The van der Waals surface area contributed by atoms with E-state index < -0.39 is 11.9 Å². The average Bonchev–Trinajstić information content (AvgIpc) is 2.99. The molecular weight excluding hydrogens is 362 g/mol. The van der Waals surface area contributed by atoms with Crippen LogP contribution >= 0.6 is 0 Å². The SMILES string of the molecule is O=C1/C(=C(/O)c2ccccc2)C(=O)N(Cc2ccccc2)[C@H]1Cc1ccccc1. The van der Waals surface area contributed by atoms with Crippen molar-refractivity contribution < 1.29 is 14.7 Å². The summed E-state index contributed by atoms with van der Waals surface area (Å²) in [6.45, 7) is 0.314. The summed E-state index contributed by atoms with van der Waals surface area (Å²) in [4.78, 5) is 28.0. The second-order valence-corrected chi connectivity index (χ2v) is 7.08. The Balaban J connectivity index is 1.74. The van der Waals surface area contributed by atoms with Crippen LogP contribution in [0.15, 0.2) is 96.6 Å². The van der Waals surface area contributed by atoms with Gasteiger partial charge in [-0.05, 0) is 11.1 Å². The van der Waals surface area contributed by atoms with Gasteiger partial charge in [0.05, 0.1) is 0 Å². The highest BCUT2D eigenvalue weighted by Crippen LogP contribution is 2.30. The highest BCUT2D eigenvalue weighted by atomic mass is 16.3. The molecule has 1 saturated heterocycles. The smallest absolute Gasteiger partial charge is 0.262 e. The Bertz CT molecular complexity index is 982. The van der Waals surface area contributed by atoms with Gasteiger partial charge in [0.2, 0.25) is 0 Å². The molecule has 3 aromatic rings. The molecule has 29 heavy (non-hydrogen) atoms. The van der Waals surface area contributed by atoms with E-state index in [9.17, 15) is 14.7 Å². The molecule has 3 aromatic carbocycles. The summed E-state index contributed by atoms with van der Waals surface area (Å²) in [5, 5.41) is 10.7. The predicted molar refractivity (Wildman–Crippen MR) is 112 cm³/mol. The minimum absolute atomic E-state index is 0.131. The summed E-state index contributed by atoms with van der Waals surface area (Å²) in [7, 11) is 0. The third-order valence-corrected chi connectivity index (χ3v) is 5.15. The zero-order valence-corrected chi connectivity index (χ0v) is 15.9. The molecule has 0 aliphatic carbocycles. The summed E-state index contributed by atoms with van der Waals surface area (Å²) in [5.41, 5.74) is 2.24. The van der Waals surface area contributed by atoms with Gasteiger partial charge in [0.25, 0.3) is 5.91 Å². The lowest BCUT2D eigenvalue weighted by atomic mass is 9.99. The molecule has 1 aliphatic heterocycles. The van der Waals surface area contributed by atoms with Crippen molar-refractivity contribution in [3.05, 3.63) is 113 Å². The molecule has 0 radical (unpaired) electrons. The number of carbonyl (C=O) groups is 2. The van der Waals surface area contributed by atoms with Crippen molar-refractivity contribution in [2.45, 2.75) is 19.0 Å². The lowest BCUT2D eigenvalue weighted by molar-refractivity contribution is -0.127. The second kappa shape index (κ2) is 8.15. The molecule has 144 valence electrons. The van der Waals surface area contributed by atoms with E-state index in [1.807, 2.05) is 66.7 Å². The molecule has 1 amide bonds. The molecule has 1 heterocycles. The molecule has 0 spiro atoms. The minimum Gasteiger partial charge on any atom is -0.506 e. The molecular formula is C25H21NO3. The van der Waals surface area contributed by atoms with E-state index in [4.69, 9.17) is 0 Å². The molecule has 1 N–H and O–H groups in total. The van der Waals surface area contributed by atoms with Crippen LogP contribution in [0.4, 0.5) is 0 Å². The fraction of sp³-hybridized carbons (Fsp3) is 0.120. The van der Waals surface area contributed by atoms with Crippen LogP contribution in [-0.2, 0) is 22.6 Å². The number of hydrogen-bond donors (Lipinski definition) is 1. The van der Waals surface area contributed by atoms with Gasteiger partial charge in [0, 0.05) is 18.5 Å². The van der Waals surface area contributed by atoms with Crippen LogP contribution in [0.3, 0.4) is 0 Å². The van der Waals surface area contributed by atoms with Gasteiger partial charge in [0.15, 0.2) is 5.78 Å². The van der Waals surface area contributed by atoms with Crippen LogP contribution in [0.1, 0.15) is 16.7 Å². The second-order valence-electron chi connectivity index (χ2n) is 7.08. The number of benzene rings is 3. The molecule has 0 bridgehead atoms. The third kappa shape index (κ3) is 3.83. The van der Waals surface area contributed by atoms with E-state index >= 15 is 0 Å². The Morgan fingerprint density at radius 2 is 1.28 bits per heavy atom. The normalized spacial score (nSPS) is 18.2. The van der Waals surface area contributed by atoms with Crippen molar-refractivity contribution in [1.29, 1.82) is 0 Å². The molecule has 4 nitrogen and oxygen atoms in total. The fourth-order valence-electron chi connectivity index (χ4n) is 3.66. The standard InChI is InChI=1S/C25H21NO3/c27-23(20-14-8-3-9-15-20)22-24(28)21(16-18-10-4-1-5-11-18)26(25(22)29)17-19-12-6-2-7-13-19/h1-15,21,27H,16-17H2/b23-22-/t21-/m0/s1. The number of ketones is 1. The van der Waals surface area contributed by atoms with Gasteiger partial charge in [-0.1, -0.05) is 91.0 Å². The molecule has 1 aliphatic rings. The fourth-order valence-corrected chi connectivity index (χ4v) is 3.66. The van der Waals surface area contributed by atoms with Gasteiger partial charge in [-0.15, -0.1) is 0 Å². The maximum absolute atomic E-state index is 13.3. The number of aliphatic hydroxyl groups excluding tert-OH is 1. The van der Waals surface area contributed by atoms with E-state index in [-0.39, 0.29) is 17.1 Å². The maximum atomic E-state index is 13.3. The number of nitrogens with zero attached hydrogens (tertiary/aromatic N) is 1. The van der Waals surface area contributed by atoms with Crippen molar-refractivity contribution in [3.63, 3.8) is 0 Å². The Morgan fingerprint density at radius 3 is 1.86 bits per heavy atom. The van der Waals surface area contributed by atoms with E-state index in [1.54, 1.807) is 29.2 Å². The van der Waals surface area contributed by atoms with Gasteiger partial charge < -0.3 is 10.0 Å². The molecule has 4 rings (SSSR count). The number of Topliss-reactive ketones (excluding diaryl/α,β-unsaturated/α-hetero) is 1. The van der Waals surface area contributed by atoms with Crippen LogP contribution in [0.25, 0.3) is 5.76 Å². The summed E-state index contributed by atoms with van der Waals surface area (Å²) in [6.07, 6.45) is 0.407. The van der Waals surface area contributed by atoms with Crippen LogP contribution in [0.2, 0.25) is 0 Å². The van der Waals surface area contributed by atoms with E-state index in [0.29, 0.717) is 18.5 Å². The molecule has 0 saturated carbocycles. The molecule has 0 aromatic heterocycles. The number of amides is 1. The highest BCUT2D eigenvalue weighted by molar-refractivity contribution is 6.30. The quantitative estimate of drug-likeness (QED) is 0.409. The topological polar surface area (TPSA) is 57.6 Å². The van der Waals surface area contributed by atoms with Gasteiger partial charge in [0.1, 0.15) is 17.4 Å². The summed E-state index contributed by atoms with van der Waals surface area (Å²) >= 11 is 0. The first-order valence-electron chi connectivity index (χ1n) is 9.57. The van der Waals surface area contributed by atoms with Crippen LogP contribution in [0.5, 0.6) is 0 Å². The average molecular weight is 383 g/mol. The predicted octanol–water partition coefficient (Wildman–Crippen LogP) is 4.18. The Labute approximate surface area is 169 Å². The zero-order chi connectivity index (χ0) is 20.2. The Hall–Kier alpha value is -3.66. The molecule has 1 atom stereocenters. The van der Waals surface area contributed by atoms with Crippen LogP contribution in [0, 0.1) is 0 Å². The highest BCUT2D eigenvalue weighted by Gasteiger charge is 2.45. The first-order valence-corrected chi connectivity index (χ1v) is 9.57. The molecule has 4 heteroatoms. The number of likely N-dealkylation sites (tertiary alicyclic amines) is 1. The van der Waals surface area contributed by atoms with Gasteiger partial charge in [-0.2, -0.15) is 0 Å². The van der Waals surface area contributed by atoms with Crippen molar-refractivity contribution in [3.8, 4) is 0 Å². The Morgan fingerprint density at radius 1 is 0.759 bits per heavy atom. The monoisotopic (exact) mass is 383 g/mol. The van der Waals surface area contributed by atoms with Crippen molar-refractivity contribution in [2.24, 2.45) is 0 Å². The third-order valence-electron chi connectivity index (χ3n) is 5.15. The number of hydrogen-bond acceptors (Lipinski definition) is 3. The number of aliphatic hydroxyl groups is 1. The van der Waals surface area contributed by atoms with Gasteiger partial charge in [-0.3, -0.25) is 9.59 Å². The van der Waals surface area contributed by atoms with E-state index in [1.165, 1.54) is 0 Å². The summed E-state index contributed by atoms with van der Waals surface area (Å²) in [6, 6.07) is 27.3. The number of carbonyl (C=O) groups excluding carboxylic acids is 2. The zero-order valence-electron chi connectivity index (χ0n) is 15.9. The minimum atomic E-state index is -0.647. The maximum Gasteiger partial charge on any atom is 0.262 e. The van der Waals surface area contributed by atoms with Crippen molar-refractivity contribution >= 4 is 17.4 Å². The number of rotatable bonds is 5. The molecule has 0 unspecified atom stereocenters. The lowest BCUT2D eigenvalue weighted by Gasteiger charge is -2.23. The van der Waals surface area contributed by atoms with Crippen LogP contribution < -0.4 is 0 Å². The largest absolute Gasteiger partial charge is 0.506 e. The first kappa shape index (κ1) is 18.7. The van der Waals surface area contributed by atoms with Gasteiger partial charge >= 0.3 is 0 Å². The summed E-state index contributed by atoms with van der Waals surface area (Å²) < 4.78 is 0. The van der Waals surface area contributed by atoms with Gasteiger partial charge in [-0.25, -0.2) is 0 Å². The lowest BCUT2D eigenvalue weighted by Crippen LogP contribution is -2.36. The van der Waals surface area contributed by atoms with Crippen molar-refractivity contribution in [2.75, 3.05) is 0 Å². The van der Waals surface area contributed by atoms with E-state index in [0.717, 1.165) is 11.1 Å². The van der Waals surface area contributed by atoms with Crippen molar-refractivity contribution in [1.82, 2.24) is 4.90 Å². The molecule has 1 fully saturated rings. The summed E-state index contributed by atoms with van der Waals surface area (Å²) in [5.74, 6) is -1.02.